The van der Waals surface area contributed by atoms with Crippen molar-refractivity contribution in [2.24, 2.45) is 0 Å². The molecule has 2 rings (SSSR count). The Kier molecular flexibility index (Phi) is 6.58. The molecular weight excluding hydrogens is 367 g/mol. The van der Waals surface area contributed by atoms with E-state index in [4.69, 9.17) is 9.84 Å². The van der Waals surface area contributed by atoms with Crippen LogP contribution in [0.25, 0.3) is 11.1 Å². The van der Waals surface area contributed by atoms with Gasteiger partial charge in [-0.3, -0.25) is 0 Å². The van der Waals surface area contributed by atoms with Crippen LogP contribution in [0.1, 0.15) is 20.8 Å². The van der Waals surface area contributed by atoms with E-state index in [2.05, 4.69) is 10.6 Å². The van der Waals surface area contributed by atoms with Crippen molar-refractivity contribution in [2.45, 2.75) is 32.5 Å². The van der Waals surface area contributed by atoms with E-state index in [1.165, 1.54) is 12.1 Å². The molecule has 0 aliphatic carbocycles. The van der Waals surface area contributed by atoms with Gasteiger partial charge >= 0.3 is 12.0 Å². The first-order valence-electron chi connectivity index (χ1n) is 8.66. The Hall–Kier alpha value is -3.13. The van der Waals surface area contributed by atoms with Crippen molar-refractivity contribution in [3.63, 3.8) is 0 Å². The third-order valence-electron chi connectivity index (χ3n) is 3.83. The van der Waals surface area contributed by atoms with E-state index in [1.54, 1.807) is 30.3 Å². The molecule has 2 aromatic carbocycles. The number of anilines is 1. The van der Waals surface area contributed by atoms with E-state index in [0.29, 0.717) is 11.3 Å². The zero-order valence-electron chi connectivity index (χ0n) is 15.8. The highest BCUT2D eigenvalue weighted by Crippen LogP contribution is 2.26. The molecule has 0 fully saturated rings. The Morgan fingerprint density at radius 1 is 1.14 bits per heavy atom. The van der Waals surface area contributed by atoms with Crippen LogP contribution in [0.4, 0.5) is 14.9 Å². The van der Waals surface area contributed by atoms with Crippen LogP contribution in [0.2, 0.25) is 0 Å². The summed E-state index contributed by atoms with van der Waals surface area (Å²) in [6, 6.07) is 10.7. The molecule has 150 valence electrons. The molecule has 4 N–H and O–H groups in total. The van der Waals surface area contributed by atoms with Crippen molar-refractivity contribution in [3.05, 3.63) is 48.3 Å². The van der Waals surface area contributed by atoms with Gasteiger partial charge in [0.1, 0.15) is 11.6 Å². The molecule has 0 aliphatic heterocycles. The van der Waals surface area contributed by atoms with Crippen molar-refractivity contribution in [1.29, 1.82) is 0 Å². The molecule has 0 heterocycles. The molecule has 0 bridgehead atoms. The monoisotopic (exact) mass is 390 g/mol. The number of aliphatic hydroxyl groups is 1. The number of ether oxygens (including phenoxy) is 1. The van der Waals surface area contributed by atoms with Crippen LogP contribution in [0, 0.1) is 5.82 Å². The van der Waals surface area contributed by atoms with Gasteiger partial charge in [-0.1, -0.05) is 18.2 Å². The standard InChI is InChI=1S/C20H23FN2O5/c1-12(2)28-15-7-4-13(5-8-15)14-6-9-17(16(21)10-14)23-19(26)22-11-20(3,27)18(24)25/h4-10,12,27H,11H2,1-3H3,(H,24,25)(H2,22,23,26). The number of carbonyl (C=O) groups excluding carboxylic acids is 1. The van der Waals surface area contributed by atoms with Crippen LogP contribution in [0.3, 0.4) is 0 Å². The summed E-state index contributed by atoms with van der Waals surface area (Å²) in [6.07, 6.45) is 0.0546. The van der Waals surface area contributed by atoms with E-state index in [1.807, 2.05) is 13.8 Å². The number of halogens is 1. The maximum atomic E-state index is 14.3. The van der Waals surface area contributed by atoms with Crippen molar-refractivity contribution in [2.75, 3.05) is 11.9 Å². The second kappa shape index (κ2) is 8.71. The SMILES string of the molecule is CC(C)Oc1ccc(-c2ccc(NC(=O)NCC(C)(O)C(=O)O)c(F)c2)cc1. The molecule has 0 radical (unpaired) electrons. The van der Waals surface area contributed by atoms with E-state index >= 15 is 0 Å². The molecule has 0 saturated heterocycles. The molecule has 0 aromatic heterocycles. The number of benzene rings is 2. The quantitative estimate of drug-likeness (QED) is 0.581. The predicted molar refractivity (Wildman–Crippen MR) is 103 cm³/mol. The highest BCUT2D eigenvalue weighted by atomic mass is 19.1. The number of nitrogens with one attached hydrogen (secondary N) is 2. The molecule has 1 unspecified atom stereocenters. The lowest BCUT2D eigenvalue weighted by Gasteiger charge is -2.18. The highest BCUT2D eigenvalue weighted by molar-refractivity contribution is 5.90. The number of carboxylic acids is 1. The van der Waals surface area contributed by atoms with Crippen molar-refractivity contribution in [1.82, 2.24) is 5.32 Å². The number of rotatable bonds is 7. The number of aliphatic carboxylic acids is 1. The lowest BCUT2D eigenvalue weighted by atomic mass is 10.0. The average Bonchev–Trinajstić information content (AvgIpc) is 2.62. The number of hydrogen-bond donors (Lipinski definition) is 4. The third kappa shape index (κ3) is 5.68. The van der Waals surface area contributed by atoms with Gasteiger partial charge in [-0.15, -0.1) is 0 Å². The third-order valence-corrected chi connectivity index (χ3v) is 3.83. The van der Waals surface area contributed by atoms with E-state index < -0.39 is 30.0 Å². The van der Waals surface area contributed by atoms with Gasteiger partial charge in [0.05, 0.1) is 18.3 Å². The highest BCUT2D eigenvalue weighted by Gasteiger charge is 2.30. The van der Waals surface area contributed by atoms with Gasteiger partial charge in [0.15, 0.2) is 5.60 Å². The van der Waals surface area contributed by atoms with Crippen molar-refractivity contribution in [3.8, 4) is 16.9 Å². The summed E-state index contributed by atoms with van der Waals surface area (Å²) in [4.78, 5) is 22.6. The number of hydrogen-bond acceptors (Lipinski definition) is 4. The molecule has 8 heteroatoms. The number of carbonyl (C=O) groups is 2. The predicted octanol–water partition coefficient (Wildman–Crippen LogP) is 3.24. The van der Waals surface area contributed by atoms with E-state index in [-0.39, 0.29) is 11.8 Å². The summed E-state index contributed by atoms with van der Waals surface area (Å²) < 4.78 is 19.9. The fourth-order valence-electron chi connectivity index (χ4n) is 2.29. The van der Waals surface area contributed by atoms with Gasteiger partial charge in [0.25, 0.3) is 0 Å². The first-order valence-corrected chi connectivity index (χ1v) is 8.66. The second-order valence-electron chi connectivity index (χ2n) is 6.77. The first-order chi connectivity index (χ1) is 13.1. The maximum absolute atomic E-state index is 14.3. The number of amides is 2. The summed E-state index contributed by atoms with van der Waals surface area (Å²) in [5, 5.41) is 22.8. The van der Waals surface area contributed by atoms with Crippen molar-refractivity contribution >= 4 is 17.7 Å². The Morgan fingerprint density at radius 2 is 1.75 bits per heavy atom. The zero-order chi connectivity index (χ0) is 20.9. The fourth-order valence-corrected chi connectivity index (χ4v) is 2.29. The fraction of sp³-hybridized carbons (Fsp3) is 0.300. The van der Waals surface area contributed by atoms with Crippen LogP contribution in [0.5, 0.6) is 5.75 Å². The zero-order valence-corrected chi connectivity index (χ0v) is 15.8. The number of carboxylic acid groups (broad SMARTS) is 1. The normalized spacial score (nSPS) is 12.9. The molecule has 0 spiro atoms. The van der Waals surface area contributed by atoms with E-state index in [9.17, 15) is 19.1 Å². The lowest BCUT2D eigenvalue weighted by molar-refractivity contribution is -0.155. The maximum Gasteiger partial charge on any atom is 0.337 e. The smallest absolute Gasteiger partial charge is 0.337 e. The van der Waals surface area contributed by atoms with Crippen LogP contribution in [-0.4, -0.2) is 40.5 Å². The van der Waals surface area contributed by atoms with Gasteiger partial charge in [0, 0.05) is 0 Å². The second-order valence-corrected chi connectivity index (χ2v) is 6.77. The topological polar surface area (TPSA) is 108 Å². The minimum absolute atomic E-state index is 0.0546. The van der Waals surface area contributed by atoms with Crippen LogP contribution in [-0.2, 0) is 4.79 Å². The van der Waals surface area contributed by atoms with Gasteiger partial charge in [0.2, 0.25) is 0 Å². The summed E-state index contributed by atoms with van der Waals surface area (Å²) in [7, 11) is 0. The van der Waals surface area contributed by atoms with E-state index in [0.717, 1.165) is 12.5 Å². The molecule has 0 saturated carbocycles. The summed E-state index contributed by atoms with van der Waals surface area (Å²) >= 11 is 0. The van der Waals surface area contributed by atoms with Crippen LogP contribution >= 0.6 is 0 Å². The Balaban J connectivity index is 2.04. The summed E-state index contributed by atoms with van der Waals surface area (Å²) in [5.41, 5.74) is -0.793. The molecule has 1 atom stereocenters. The van der Waals surface area contributed by atoms with Gasteiger partial charge in [-0.2, -0.15) is 0 Å². The van der Waals surface area contributed by atoms with Crippen LogP contribution < -0.4 is 15.4 Å². The molecular formula is C20H23FN2O5. The van der Waals surface area contributed by atoms with Crippen molar-refractivity contribution < 1.29 is 28.9 Å². The van der Waals surface area contributed by atoms with Gasteiger partial charge in [-0.25, -0.2) is 14.0 Å². The molecule has 0 aliphatic rings. The molecule has 28 heavy (non-hydrogen) atoms. The number of urea groups is 1. The lowest BCUT2D eigenvalue weighted by Crippen LogP contribution is -2.47. The Morgan fingerprint density at radius 3 is 2.29 bits per heavy atom. The molecule has 7 nitrogen and oxygen atoms in total. The average molecular weight is 390 g/mol. The first kappa shape index (κ1) is 21.2. The Labute approximate surface area is 162 Å². The molecule has 2 aromatic rings. The Bertz CT molecular complexity index is 850. The summed E-state index contributed by atoms with van der Waals surface area (Å²) in [6.45, 7) is 4.36. The van der Waals surface area contributed by atoms with Gasteiger partial charge < -0.3 is 25.6 Å². The molecule has 2 amide bonds. The summed E-state index contributed by atoms with van der Waals surface area (Å²) in [5.74, 6) is -1.42. The minimum Gasteiger partial charge on any atom is -0.491 e. The largest absolute Gasteiger partial charge is 0.491 e. The minimum atomic E-state index is -2.12. The van der Waals surface area contributed by atoms with Crippen LogP contribution in [0.15, 0.2) is 42.5 Å². The van der Waals surface area contributed by atoms with Gasteiger partial charge in [-0.05, 0) is 56.2 Å².